The molecule has 0 fully saturated rings. The van der Waals surface area contributed by atoms with E-state index in [0.717, 1.165) is 11.6 Å². The smallest absolute Gasteiger partial charge is 0.110 e. The molecule has 0 bridgehead atoms. The predicted molar refractivity (Wildman–Crippen MR) is 62.6 cm³/mol. The highest BCUT2D eigenvalue weighted by Crippen LogP contribution is 2.12. The summed E-state index contributed by atoms with van der Waals surface area (Å²) in [6, 6.07) is 7.78. The van der Waals surface area contributed by atoms with Gasteiger partial charge in [-0.05, 0) is 17.7 Å². The van der Waals surface area contributed by atoms with E-state index in [2.05, 4.69) is 9.89 Å². The maximum atomic E-state index is 5.81. The van der Waals surface area contributed by atoms with Crippen molar-refractivity contribution in [2.45, 2.75) is 6.54 Å². The number of hydrogen-bond acceptors (Lipinski definition) is 3. The topological polar surface area (TPSA) is 41.6 Å². The Balaban J connectivity index is 2.03. The Morgan fingerprint density at radius 2 is 2.07 bits per heavy atom. The zero-order valence-electron chi connectivity index (χ0n) is 8.23. The number of halogens is 1. The second-order valence-electron chi connectivity index (χ2n) is 3.46. The third-order valence-electron chi connectivity index (χ3n) is 2.13. The molecule has 0 spiro atoms. The van der Waals surface area contributed by atoms with Gasteiger partial charge in [0.05, 0.1) is 5.70 Å². The van der Waals surface area contributed by atoms with E-state index in [4.69, 9.17) is 17.3 Å². The van der Waals surface area contributed by atoms with E-state index in [1.54, 1.807) is 6.21 Å². The summed E-state index contributed by atoms with van der Waals surface area (Å²) >= 11 is 5.81. The Hall–Kier alpha value is -1.48. The minimum atomic E-state index is 0.656. The Bertz CT molecular complexity index is 395. The Kier molecular flexibility index (Phi) is 2.92. The average molecular weight is 222 g/mol. The van der Waals surface area contributed by atoms with Gasteiger partial charge in [-0.15, -0.1) is 0 Å². The number of aliphatic imine (C=N–C) groups is 1. The van der Waals surface area contributed by atoms with E-state index in [-0.39, 0.29) is 0 Å². The van der Waals surface area contributed by atoms with Crippen molar-refractivity contribution in [2.75, 3.05) is 6.67 Å². The molecule has 1 heterocycles. The fourth-order valence-corrected chi connectivity index (χ4v) is 1.58. The van der Waals surface area contributed by atoms with Gasteiger partial charge < -0.3 is 10.6 Å². The molecule has 0 saturated carbocycles. The predicted octanol–water partition coefficient (Wildman–Crippen LogP) is 1.98. The highest BCUT2D eigenvalue weighted by Gasteiger charge is 2.04. The van der Waals surface area contributed by atoms with Crippen molar-refractivity contribution in [3.05, 3.63) is 46.7 Å². The molecule has 1 aliphatic heterocycles. The molecule has 0 unspecified atom stereocenters. The SMILES string of the molecule is NC1=CN(Cc2ccc(Cl)cc2)CN=C1. The van der Waals surface area contributed by atoms with Gasteiger partial charge in [0.15, 0.2) is 0 Å². The van der Waals surface area contributed by atoms with Crippen molar-refractivity contribution in [1.82, 2.24) is 4.90 Å². The van der Waals surface area contributed by atoms with Crippen LogP contribution in [0.3, 0.4) is 0 Å². The van der Waals surface area contributed by atoms with Gasteiger partial charge in [-0.3, -0.25) is 4.99 Å². The lowest BCUT2D eigenvalue weighted by Crippen LogP contribution is -2.23. The highest BCUT2D eigenvalue weighted by molar-refractivity contribution is 6.30. The van der Waals surface area contributed by atoms with Gasteiger partial charge in [0.25, 0.3) is 0 Å². The van der Waals surface area contributed by atoms with Gasteiger partial charge in [-0.1, -0.05) is 23.7 Å². The summed E-state index contributed by atoms with van der Waals surface area (Å²) in [6.07, 6.45) is 3.58. The second kappa shape index (κ2) is 4.36. The zero-order valence-corrected chi connectivity index (χ0v) is 8.98. The summed E-state index contributed by atoms with van der Waals surface area (Å²) in [5, 5.41) is 0.755. The van der Waals surface area contributed by atoms with Gasteiger partial charge in [0.1, 0.15) is 6.67 Å². The summed E-state index contributed by atoms with van der Waals surface area (Å²) in [6.45, 7) is 1.46. The lowest BCUT2D eigenvalue weighted by molar-refractivity contribution is 0.376. The summed E-state index contributed by atoms with van der Waals surface area (Å²) in [4.78, 5) is 6.19. The highest BCUT2D eigenvalue weighted by atomic mass is 35.5. The largest absolute Gasteiger partial charge is 0.396 e. The monoisotopic (exact) mass is 221 g/mol. The van der Waals surface area contributed by atoms with E-state index in [9.17, 15) is 0 Å². The first-order valence-corrected chi connectivity index (χ1v) is 5.07. The summed E-state index contributed by atoms with van der Waals surface area (Å²) in [5.74, 6) is 0. The summed E-state index contributed by atoms with van der Waals surface area (Å²) in [5.41, 5.74) is 7.54. The summed E-state index contributed by atoms with van der Waals surface area (Å²) in [7, 11) is 0. The van der Waals surface area contributed by atoms with Crippen LogP contribution in [0.5, 0.6) is 0 Å². The van der Waals surface area contributed by atoms with Gasteiger partial charge in [0.2, 0.25) is 0 Å². The first-order valence-electron chi connectivity index (χ1n) is 4.70. The van der Waals surface area contributed by atoms with Crippen LogP contribution in [0.25, 0.3) is 0 Å². The zero-order chi connectivity index (χ0) is 10.7. The van der Waals surface area contributed by atoms with Gasteiger partial charge >= 0.3 is 0 Å². The molecule has 3 nitrogen and oxygen atoms in total. The van der Waals surface area contributed by atoms with Crippen LogP contribution in [-0.2, 0) is 6.54 Å². The van der Waals surface area contributed by atoms with Crippen LogP contribution in [-0.4, -0.2) is 17.8 Å². The molecule has 1 aliphatic rings. The van der Waals surface area contributed by atoms with Crippen LogP contribution < -0.4 is 5.73 Å². The van der Waals surface area contributed by atoms with Crippen molar-refractivity contribution in [2.24, 2.45) is 10.7 Å². The number of hydrogen-bond donors (Lipinski definition) is 1. The quantitative estimate of drug-likeness (QED) is 0.830. The number of benzene rings is 1. The molecule has 0 saturated heterocycles. The van der Waals surface area contributed by atoms with Crippen LogP contribution in [0.2, 0.25) is 5.02 Å². The second-order valence-corrected chi connectivity index (χ2v) is 3.89. The fraction of sp³-hybridized carbons (Fsp3) is 0.182. The van der Waals surface area contributed by atoms with E-state index >= 15 is 0 Å². The Labute approximate surface area is 93.9 Å². The van der Waals surface area contributed by atoms with Crippen molar-refractivity contribution in [1.29, 1.82) is 0 Å². The molecule has 1 aromatic carbocycles. The third kappa shape index (κ3) is 2.73. The molecule has 15 heavy (non-hydrogen) atoms. The molecule has 2 rings (SSSR count). The van der Waals surface area contributed by atoms with Crippen molar-refractivity contribution in [3.8, 4) is 0 Å². The van der Waals surface area contributed by atoms with Crippen LogP contribution in [0, 0.1) is 0 Å². The molecule has 78 valence electrons. The van der Waals surface area contributed by atoms with E-state index < -0.39 is 0 Å². The molecule has 1 aromatic rings. The maximum absolute atomic E-state index is 5.81. The van der Waals surface area contributed by atoms with Crippen LogP contribution in [0.1, 0.15) is 5.56 Å². The van der Waals surface area contributed by atoms with E-state index in [1.807, 2.05) is 30.5 Å². The number of nitrogens with zero attached hydrogens (tertiary/aromatic N) is 2. The molecule has 0 aliphatic carbocycles. The summed E-state index contributed by atoms with van der Waals surface area (Å²) < 4.78 is 0. The van der Waals surface area contributed by atoms with Crippen molar-refractivity contribution in [3.63, 3.8) is 0 Å². The van der Waals surface area contributed by atoms with E-state index in [1.165, 1.54) is 5.56 Å². The maximum Gasteiger partial charge on any atom is 0.110 e. The minimum absolute atomic E-state index is 0.656. The number of rotatable bonds is 2. The molecule has 4 heteroatoms. The molecule has 0 aromatic heterocycles. The standard InChI is InChI=1S/C11H12ClN3/c12-10-3-1-9(2-4-10)6-15-7-11(13)5-14-8-15/h1-5,7H,6,8,13H2. The molecule has 0 radical (unpaired) electrons. The Morgan fingerprint density at radius 1 is 1.33 bits per heavy atom. The molecule has 2 N–H and O–H groups in total. The first-order chi connectivity index (χ1) is 7.24. The third-order valence-corrected chi connectivity index (χ3v) is 2.39. The molecular weight excluding hydrogens is 210 g/mol. The first kappa shape index (κ1) is 10.1. The average Bonchev–Trinajstić information content (AvgIpc) is 2.22. The van der Waals surface area contributed by atoms with Gasteiger partial charge in [-0.2, -0.15) is 0 Å². The molecule has 0 atom stereocenters. The Morgan fingerprint density at radius 3 is 2.73 bits per heavy atom. The van der Waals surface area contributed by atoms with E-state index in [0.29, 0.717) is 12.4 Å². The molecule has 0 amide bonds. The van der Waals surface area contributed by atoms with Crippen molar-refractivity contribution < 1.29 is 0 Å². The number of nitrogens with two attached hydrogens (primary N) is 1. The fourth-order valence-electron chi connectivity index (χ4n) is 1.46. The molecular formula is C11H12ClN3. The lowest BCUT2D eigenvalue weighted by Gasteiger charge is -2.21. The van der Waals surface area contributed by atoms with Gasteiger partial charge in [0, 0.05) is 24.0 Å². The van der Waals surface area contributed by atoms with Gasteiger partial charge in [-0.25, -0.2) is 0 Å². The van der Waals surface area contributed by atoms with Crippen molar-refractivity contribution >= 4 is 17.8 Å². The van der Waals surface area contributed by atoms with Crippen LogP contribution in [0.4, 0.5) is 0 Å². The van der Waals surface area contributed by atoms with Crippen LogP contribution >= 0.6 is 11.6 Å². The van der Waals surface area contributed by atoms with Crippen LogP contribution in [0.15, 0.2) is 41.2 Å². The number of allylic oxidation sites excluding steroid dienone is 1. The minimum Gasteiger partial charge on any atom is -0.396 e. The lowest BCUT2D eigenvalue weighted by atomic mass is 10.2. The normalized spacial score (nSPS) is 15.3.